The smallest absolute Gasteiger partial charge is 0.366 e. The second-order valence-corrected chi connectivity index (χ2v) is 8.37. The molecule has 0 aromatic carbocycles. The standard InChI is InChI=1S/C21H24F3N7O3/c1-29(2)19(33)12-5-7-25-16(9-12)28-20(34)31-13-6-8-30(10-13)15-4-3-14(27-17(15)31)18(32)26-11-21(22,23)24/h3-5,7,9,13-14,27H,6,8,10-11H2,1-2H3,(H,26,32)(H,25,28,34)/t13-,14?/m0/s1. The lowest BCUT2D eigenvalue weighted by atomic mass is 10.1. The van der Waals surface area contributed by atoms with Crippen LogP contribution in [-0.2, 0) is 4.79 Å². The zero-order chi connectivity index (χ0) is 24.6. The highest BCUT2D eigenvalue weighted by Gasteiger charge is 2.43. The van der Waals surface area contributed by atoms with E-state index in [0.29, 0.717) is 36.6 Å². The topological polar surface area (TPSA) is 110 Å². The molecule has 0 saturated carbocycles. The largest absolute Gasteiger partial charge is 0.405 e. The van der Waals surface area contributed by atoms with Crippen molar-refractivity contribution in [2.75, 3.05) is 39.0 Å². The number of hydrogen-bond donors (Lipinski definition) is 3. The van der Waals surface area contributed by atoms with Crippen LogP contribution in [-0.4, -0.2) is 89.5 Å². The summed E-state index contributed by atoms with van der Waals surface area (Å²) in [7, 11) is 3.22. The Morgan fingerprint density at radius 3 is 2.76 bits per heavy atom. The first-order valence-corrected chi connectivity index (χ1v) is 10.6. The van der Waals surface area contributed by atoms with E-state index in [9.17, 15) is 27.6 Å². The maximum Gasteiger partial charge on any atom is 0.405 e. The van der Waals surface area contributed by atoms with Gasteiger partial charge in [0.05, 0.1) is 11.7 Å². The molecule has 34 heavy (non-hydrogen) atoms. The van der Waals surface area contributed by atoms with Gasteiger partial charge in [-0.1, -0.05) is 6.08 Å². The number of rotatable bonds is 4. The number of allylic oxidation sites excluding steroid dienone is 1. The summed E-state index contributed by atoms with van der Waals surface area (Å²) in [4.78, 5) is 46.8. The third kappa shape index (κ3) is 4.77. The van der Waals surface area contributed by atoms with Crippen LogP contribution in [0.15, 0.2) is 42.0 Å². The molecule has 1 aromatic rings. The molecular formula is C21H24F3N7O3. The van der Waals surface area contributed by atoms with Crippen LogP contribution in [0.3, 0.4) is 0 Å². The van der Waals surface area contributed by atoms with Gasteiger partial charge in [-0.05, 0) is 24.6 Å². The molecule has 3 aliphatic rings. The van der Waals surface area contributed by atoms with Crippen molar-refractivity contribution >= 4 is 23.7 Å². The molecule has 4 rings (SSSR count). The van der Waals surface area contributed by atoms with Crippen LogP contribution >= 0.6 is 0 Å². The summed E-state index contributed by atoms with van der Waals surface area (Å²) in [5.74, 6) is -0.600. The highest BCUT2D eigenvalue weighted by atomic mass is 19.4. The van der Waals surface area contributed by atoms with Crippen LogP contribution in [0.5, 0.6) is 0 Å². The molecule has 3 aliphatic heterocycles. The molecule has 0 aliphatic carbocycles. The fourth-order valence-corrected chi connectivity index (χ4v) is 4.12. The fourth-order valence-electron chi connectivity index (χ4n) is 4.12. The summed E-state index contributed by atoms with van der Waals surface area (Å²) in [6, 6.07) is 1.18. The number of nitrogens with zero attached hydrogens (tertiary/aromatic N) is 4. The Labute approximate surface area is 193 Å². The lowest BCUT2D eigenvalue weighted by molar-refractivity contribution is -0.138. The van der Waals surface area contributed by atoms with Crippen LogP contribution in [0.25, 0.3) is 0 Å². The first-order valence-electron chi connectivity index (χ1n) is 10.6. The average Bonchev–Trinajstić information content (AvgIpc) is 3.20. The molecule has 1 aromatic heterocycles. The van der Waals surface area contributed by atoms with Crippen molar-refractivity contribution in [3.63, 3.8) is 0 Å². The number of anilines is 1. The van der Waals surface area contributed by atoms with Crippen LogP contribution in [0, 0.1) is 0 Å². The molecule has 2 atom stereocenters. The summed E-state index contributed by atoms with van der Waals surface area (Å²) < 4.78 is 37.5. The van der Waals surface area contributed by atoms with E-state index in [1.54, 1.807) is 20.2 Å². The minimum Gasteiger partial charge on any atom is -0.366 e. The van der Waals surface area contributed by atoms with Crippen LogP contribution in [0.1, 0.15) is 16.8 Å². The minimum atomic E-state index is -4.53. The van der Waals surface area contributed by atoms with Crippen molar-refractivity contribution in [1.29, 1.82) is 0 Å². The van der Waals surface area contributed by atoms with Gasteiger partial charge in [0.2, 0.25) is 5.91 Å². The molecule has 0 radical (unpaired) electrons. The number of aromatic nitrogens is 1. The van der Waals surface area contributed by atoms with Crippen molar-refractivity contribution in [2.45, 2.75) is 24.7 Å². The van der Waals surface area contributed by atoms with E-state index in [2.05, 4.69) is 15.6 Å². The van der Waals surface area contributed by atoms with E-state index in [4.69, 9.17) is 0 Å². The molecule has 182 valence electrons. The van der Waals surface area contributed by atoms with Gasteiger partial charge < -0.3 is 20.4 Å². The number of halogens is 3. The van der Waals surface area contributed by atoms with Gasteiger partial charge in [-0.25, -0.2) is 9.78 Å². The Bertz CT molecular complexity index is 1070. The van der Waals surface area contributed by atoms with Crippen molar-refractivity contribution in [1.82, 2.24) is 30.3 Å². The number of fused-ring (bicyclic) bond motifs is 3. The van der Waals surface area contributed by atoms with Crippen LogP contribution in [0.4, 0.5) is 23.8 Å². The maximum absolute atomic E-state index is 13.3. The number of alkyl halides is 3. The third-order valence-electron chi connectivity index (χ3n) is 5.70. The Balaban J connectivity index is 1.53. The fraction of sp³-hybridized carbons (Fsp3) is 0.429. The molecular weight excluding hydrogens is 455 g/mol. The van der Waals surface area contributed by atoms with Gasteiger partial charge in [0.25, 0.3) is 5.91 Å². The minimum absolute atomic E-state index is 0.172. The molecule has 1 fully saturated rings. The van der Waals surface area contributed by atoms with Crippen LogP contribution < -0.4 is 16.0 Å². The summed E-state index contributed by atoms with van der Waals surface area (Å²) >= 11 is 0. The lowest BCUT2D eigenvalue weighted by Gasteiger charge is -2.40. The zero-order valence-corrected chi connectivity index (χ0v) is 18.5. The van der Waals surface area contributed by atoms with Gasteiger partial charge in [-0.2, -0.15) is 13.2 Å². The van der Waals surface area contributed by atoms with E-state index in [0.717, 1.165) is 0 Å². The van der Waals surface area contributed by atoms with E-state index >= 15 is 0 Å². The number of carbonyl (C=O) groups excluding carboxylic acids is 3. The van der Waals surface area contributed by atoms with Gasteiger partial charge in [-0.3, -0.25) is 19.8 Å². The van der Waals surface area contributed by atoms with E-state index in [-0.39, 0.29) is 17.8 Å². The number of dihydropyridines is 1. The lowest BCUT2D eigenvalue weighted by Crippen LogP contribution is -2.56. The van der Waals surface area contributed by atoms with Gasteiger partial charge in [0.15, 0.2) is 0 Å². The number of hydrogen-bond acceptors (Lipinski definition) is 6. The van der Waals surface area contributed by atoms with Gasteiger partial charge in [-0.15, -0.1) is 0 Å². The molecule has 3 N–H and O–H groups in total. The average molecular weight is 479 g/mol. The molecule has 13 heteroatoms. The predicted molar refractivity (Wildman–Crippen MR) is 115 cm³/mol. The molecule has 0 spiro atoms. The summed E-state index contributed by atoms with van der Waals surface area (Å²) in [6.45, 7) is -0.179. The molecule has 4 amide bonds. The Morgan fingerprint density at radius 2 is 2.06 bits per heavy atom. The second-order valence-electron chi connectivity index (χ2n) is 8.37. The predicted octanol–water partition coefficient (Wildman–Crippen LogP) is 1.08. The Kier molecular flexibility index (Phi) is 6.11. The highest BCUT2D eigenvalue weighted by Crippen LogP contribution is 2.33. The molecule has 2 bridgehead atoms. The SMILES string of the molecule is CN(C)C(=O)c1ccnc(NC(=O)N2C3=C(C=CC(C(=O)NCC(F)(F)F)N3)N3CC[C@H]2C3)c1. The van der Waals surface area contributed by atoms with Crippen molar-refractivity contribution in [3.8, 4) is 0 Å². The first kappa shape index (κ1) is 23.4. The number of urea groups is 1. The van der Waals surface area contributed by atoms with Gasteiger partial charge in [0.1, 0.15) is 24.2 Å². The molecule has 10 nitrogen and oxygen atoms in total. The molecule has 1 unspecified atom stereocenters. The number of carbonyl (C=O) groups is 3. The normalized spacial score (nSPS) is 21.1. The Hall–Kier alpha value is -3.77. The summed E-state index contributed by atoms with van der Waals surface area (Å²) in [5, 5.41) is 7.46. The zero-order valence-electron chi connectivity index (χ0n) is 18.5. The molecule has 4 heterocycles. The second kappa shape index (κ2) is 8.88. The Morgan fingerprint density at radius 1 is 1.29 bits per heavy atom. The maximum atomic E-state index is 13.3. The van der Waals surface area contributed by atoms with E-state index in [1.807, 2.05) is 10.2 Å². The highest BCUT2D eigenvalue weighted by molar-refractivity contribution is 5.96. The van der Waals surface area contributed by atoms with E-state index < -0.39 is 30.7 Å². The number of nitrogens with one attached hydrogen (secondary N) is 3. The number of pyridine rings is 1. The monoisotopic (exact) mass is 479 g/mol. The summed E-state index contributed by atoms with van der Waals surface area (Å²) in [6.07, 6.45) is 0.660. The molecule has 1 saturated heterocycles. The first-order chi connectivity index (χ1) is 16.0. The van der Waals surface area contributed by atoms with Crippen LogP contribution in [0.2, 0.25) is 0 Å². The summed E-state index contributed by atoms with van der Waals surface area (Å²) in [5.41, 5.74) is 1.02. The van der Waals surface area contributed by atoms with Gasteiger partial charge >= 0.3 is 12.2 Å². The van der Waals surface area contributed by atoms with Crippen molar-refractivity contribution < 1.29 is 27.6 Å². The van der Waals surface area contributed by atoms with Crippen molar-refractivity contribution in [2.24, 2.45) is 0 Å². The number of amides is 4. The van der Waals surface area contributed by atoms with Gasteiger partial charge in [0, 0.05) is 38.9 Å². The van der Waals surface area contributed by atoms with E-state index in [1.165, 1.54) is 34.2 Å². The van der Waals surface area contributed by atoms with Crippen molar-refractivity contribution in [3.05, 3.63) is 47.6 Å². The quantitative estimate of drug-likeness (QED) is 0.597. The third-order valence-corrected chi connectivity index (χ3v) is 5.70.